The highest BCUT2D eigenvalue weighted by Crippen LogP contribution is 2.33. The zero-order valence-corrected chi connectivity index (χ0v) is 13.4. The second kappa shape index (κ2) is 6.76. The van der Waals surface area contributed by atoms with Gasteiger partial charge in [0, 0.05) is 14.2 Å². The fourth-order valence-electron chi connectivity index (χ4n) is 1.89. The molecule has 0 amide bonds. The van der Waals surface area contributed by atoms with Crippen LogP contribution in [0.4, 0.5) is 0 Å². The van der Waals surface area contributed by atoms with E-state index in [9.17, 15) is 14.7 Å². The van der Waals surface area contributed by atoms with Crippen molar-refractivity contribution < 1.29 is 28.9 Å². The number of rotatable bonds is 9. The number of hydrogen-bond donors (Lipinski definition) is 1. The van der Waals surface area contributed by atoms with Gasteiger partial charge in [0.15, 0.2) is 17.2 Å². The van der Waals surface area contributed by atoms with Crippen molar-refractivity contribution in [2.24, 2.45) is 0 Å². The second-order valence-electron chi connectivity index (χ2n) is 5.61. The molecule has 6 heteroatoms. The molecule has 118 valence electrons. The molecule has 20 heavy (non-hydrogen) atoms. The topological polar surface area (TPSA) is 82.1 Å². The fourth-order valence-corrected chi connectivity index (χ4v) is 1.89. The zero-order valence-electron chi connectivity index (χ0n) is 13.4. The number of aliphatic hydroxyl groups is 1. The average Bonchev–Trinajstić information content (AvgIpc) is 2.28. The van der Waals surface area contributed by atoms with Crippen LogP contribution in [0.5, 0.6) is 0 Å². The lowest BCUT2D eigenvalue weighted by Gasteiger charge is -2.45. The maximum absolute atomic E-state index is 11.8. The first kappa shape index (κ1) is 19.2. The molecule has 3 unspecified atom stereocenters. The number of Topliss-reactive ketones (excluding diaryl/α,β-unsaturated/α-hetero) is 2. The van der Waals surface area contributed by atoms with Crippen molar-refractivity contribution in [3.8, 4) is 0 Å². The maximum atomic E-state index is 11.8. The lowest BCUT2D eigenvalue weighted by molar-refractivity contribution is -0.238. The Bertz CT molecular complexity index is 365. The Balaban J connectivity index is 5.59. The van der Waals surface area contributed by atoms with E-state index < -0.39 is 22.6 Å². The van der Waals surface area contributed by atoms with E-state index >= 15 is 0 Å². The molecule has 0 aliphatic carbocycles. The van der Waals surface area contributed by atoms with Crippen LogP contribution in [0.3, 0.4) is 0 Å². The normalized spacial score (nSPS) is 20.6. The first-order chi connectivity index (χ1) is 8.97. The quantitative estimate of drug-likeness (QED) is 0.674. The highest BCUT2D eigenvalue weighted by atomic mass is 16.6. The van der Waals surface area contributed by atoms with Crippen molar-refractivity contribution in [2.45, 2.75) is 51.4 Å². The van der Waals surface area contributed by atoms with E-state index in [-0.39, 0.29) is 19.0 Å². The molecular formula is C14H26O6. The third-order valence-corrected chi connectivity index (χ3v) is 3.75. The van der Waals surface area contributed by atoms with Crippen molar-refractivity contribution in [3.63, 3.8) is 0 Å². The average molecular weight is 290 g/mol. The van der Waals surface area contributed by atoms with Gasteiger partial charge in [0.25, 0.3) is 0 Å². The molecule has 0 fully saturated rings. The molecule has 0 aromatic rings. The summed E-state index contributed by atoms with van der Waals surface area (Å²) in [4.78, 5) is 23.5. The van der Waals surface area contributed by atoms with Gasteiger partial charge in [-0.15, -0.1) is 0 Å². The van der Waals surface area contributed by atoms with Crippen LogP contribution in [0.25, 0.3) is 0 Å². The molecule has 0 bridgehead atoms. The van der Waals surface area contributed by atoms with Gasteiger partial charge in [-0.2, -0.15) is 0 Å². The molecule has 3 atom stereocenters. The minimum Gasteiger partial charge on any atom is -0.382 e. The molecule has 0 radical (unpaired) electrons. The van der Waals surface area contributed by atoms with Gasteiger partial charge in [-0.3, -0.25) is 9.59 Å². The molecule has 0 saturated heterocycles. The molecule has 0 aromatic carbocycles. The van der Waals surface area contributed by atoms with Crippen LogP contribution >= 0.6 is 0 Å². The van der Waals surface area contributed by atoms with Gasteiger partial charge >= 0.3 is 0 Å². The number of carbonyl (C=O) groups excluding carboxylic acids is 2. The molecule has 0 spiro atoms. The van der Waals surface area contributed by atoms with Crippen molar-refractivity contribution in [3.05, 3.63) is 0 Å². The van der Waals surface area contributed by atoms with E-state index in [0.717, 1.165) is 0 Å². The predicted octanol–water partition coefficient (Wildman–Crippen LogP) is 0.742. The standard InChI is InChI=1S/C14H26O6/c1-10(15)12(3,8-18-6)20-13(4,9-19-7)14(5,17)11(2)16/h17H,8-9H2,1-7H3. The molecule has 1 N–H and O–H groups in total. The monoisotopic (exact) mass is 290 g/mol. The van der Waals surface area contributed by atoms with Gasteiger partial charge in [-0.05, 0) is 34.6 Å². The summed E-state index contributed by atoms with van der Waals surface area (Å²) < 4.78 is 15.9. The van der Waals surface area contributed by atoms with E-state index in [4.69, 9.17) is 14.2 Å². The minimum absolute atomic E-state index is 0.00955. The van der Waals surface area contributed by atoms with E-state index in [2.05, 4.69) is 0 Å². The molecule has 0 heterocycles. The molecule has 0 saturated carbocycles. The van der Waals surface area contributed by atoms with Crippen molar-refractivity contribution in [1.82, 2.24) is 0 Å². The summed E-state index contributed by atoms with van der Waals surface area (Å²) in [6.45, 7) is 7.04. The second-order valence-corrected chi connectivity index (χ2v) is 5.61. The van der Waals surface area contributed by atoms with Gasteiger partial charge in [0.1, 0.15) is 11.2 Å². The largest absolute Gasteiger partial charge is 0.382 e. The molecule has 0 aliphatic rings. The smallest absolute Gasteiger partial charge is 0.164 e. The van der Waals surface area contributed by atoms with Crippen LogP contribution in [-0.4, -0.2) is 60.9 Å². The van der Waals surface area contributed by atoms with Crippen molar-refractivity contribution >= 4 is 11.6 Å². The summed E-state index contributed by atoms with van der Waals surface area (Å²) >= 11 is 0. The Labute approximate surface area is 120 Å². The van der Waals surface area contributed by atoms with Gasteiger partial charge in [0.2, 0.25) is 0 Å². The predicted molar refractivity (Wildman–Crippen MR) is 73.6 cm³/mol. The number of methoxy groups -OCH3 is 2. The van der Waals surface area contributed by atoms with Crippen LogP contribution in [0.1, 0.15) is 34.6 Å². The number of ether oxygens (including phenoxy) is 3. The summed E-state index contributed by atoms with van der Waals surface area (Å²) in [7, 11) is 2.88. The molecule has 6 nitrogen and oxygen atoms in total. The van der Waals surface area contributed by atoms with Crippen molar-refractivity contribution in [2.75, 3.05) is 27.4 Å². The maximum Gasteiger partial charge on any atom is 0.164 e. The van der Waals surface area contributed by atoms with E-state index in [1.54, 1.807) is 6.92 Å². The highest BCUT2D eigenvalue weighted by molar-refractivity contribution is 5.87. The van der Waals surface area contributed by atoms with Gasteiger partial charge in [-0.1, -0.05) is 0 Å². The molecular weight excluding hydrogens is 264 g/mol. The molecule has 0 rings (SSSR count). The Morgan fingerprint density at radius 1 is 0.950 bits per heavy atom. The van der Waals surface area contributed by atoms with Crippen LogP contribution in [0, 0.1) is 0 Å². The lowest BCUT2D eigenvalue weighted by atomic mass is 9.82. The number of carbonyl (C=O) groups is 2. The first-order valence-electron chi connectivity index (χ1n) is 6.39. The van der Waals surface area contributed by atoms with Crippen LogP contribution in [-0.2, 0) is 23.8 Å². The van der Waals surface area contributed by atoms with Crippen LogP contribution in [0.2, 0.25) is 0 Å². The SMILES string of the molecule is COCC(C)(OC(C)(COC)C(C)(O)C(C)=O)C(C)=O. The summed E-state index contributed by atoms with van der Waals surface area (Å²) in [5.74, 6) is -0.735. The summed E-state index contributed by atoms with van der Waals surface area (Å²) in [6.07, 6.45) is 0. The first-order valence-corrected chi connectivity index (χ1v) is 6.39. The third-order valence-electron chi connectivity index (χ3n) is 3.75. The lowest BCUT2D eigenvalue weighted by Crippen LogP contribution is -2.63. The van der Waals surface area contributed by atoms with Gasteiger partial charge in [-0.25, -0.2) is 0 Å². The van der Waals surface area contributed by atoms with Crippen LogP contribution < -0.4 is 0 Å². The van der Waals surface area contributed by atoms with Crippen LogP contribution in [0.15, 0.2) is 0 Å². The minimum atomic E-state index is -1.80. The van der Waals surface area contributed by atoms with E-state index in [1.165, 1.54) is 41.9 Å². The number of ketones is 2. The van der Waals surface area contributed by atoms with Crippen molar-refractivity contribution in [1.29, 1.82) is 0 Å². The number of hydrogen-bond acceptors (Lipinski definition) is 6. The molecule has 0 aromatic heterocycles. The summed E-state index contributed by atoms with van der Waals surface area (Å²) in [5, 5.41) is 10.4. The fraction of sp³-hybridized carbons (Fsp3) is 0.857. The van der Waals surface area contributed by atoms with Gasteiger partial charge in [0.05, 0.1) is 13.2 Å². The Morgan fingerprint density at radius 3 is 1.70 bits per heavy atom. The Morgan fingerprint density at radius 2 is 1.40 bits per heavy atom. The van der Waals surface area contributed by atoms with Gasteiger partial charge < -0.3 is 19.3 Å². The highest BCUT2D eigenvalue weighted by Gasteiger charge is 2.52. The summed E-state index contributed by atoms with van der Waals surface area (Å²) in [6, 6.07) is 0. The Kier molecular flexibility index (Phi) is 6.48. The zero-order chi connectivity index (χ0) is 16.2. The molecule has 0 aliphatic heterocycles. The van der Waals surface area contributed by atoms with E-state index in [1.807, 2.05) is 0 Å². The third kappa shape index (κ3) is 3.85. The van der Waals surface area contributed by atoms with E-state index in [0.29, 0.717) is 0 Å². The summed E-state index contributed by atoms with van der Waals surface area (Å²) in [5.41, 5.74) is -4.46. The Hall–Kier alpha value is -0.820.